The van der Waals surface area contributed by atoms with Gasteiger partial charge in [-0.25, -0.2) is 4.98 Å². The lowest BCUT2D eigenvalue weighted by molar-refractivity contribution is 0.215. The summed E-state index contributed by atoms with van der Waals surface area (Å²) < 4.78 is 0. The molecule has 0 radical (unpaired) electrons. The van der Waals surface area contributed by atoms with Gasteiger partial charge in [-0.1, -0.05) is 28.1 Å². The molecule has 0 aliphatic carbocycles. The van der Waals surface area contributed by atoms with Gasteiger partial charge in [0.15, 0.2) is 10.3 Å². The zero-order chi connectivity index (χ0) is 10.7. The molecule has 1 aliphatic rings. The predicted octanol–water partition coefficient (Wildman–Crippen LogP) is 2.38. The fourth-order valence-electron chi connectivity index (χ4n) is 1.53. The number of halogens is 1. The van der Waals surface area contributed by atoms with Gasteiger partial charge in [-0.2, -0.15) is 0 Å². The average Bonchev–Trinajstić information content (AvgIpc) is 2.83. The smallest absolute Gasteiger partial charge is 0.187 e. The van der Waals surface area contributed by atoms with Gasteiger partial charge in [-0.15, -0.1) is 0 Å². The van der Waals surface area contributed by atoms with Crippen molar-refractivity contribution in [2.24, 2.45) is 5.16 Å². The van der Waals surface area contributed by atoms with Crippen molar-refractivity contribution >= 4 is 34.3 Å². The van der Waals surface area contributed by atoms with E-state index in [1.54, 1.807) is 17.6 Å². The summed E-state index contributed by atoms with van der Waals surface area (Å²) in [5, 5.41) is 5.17. The highest BCUT2D eigenvalue weighted by Gasteiger charge is 2.17. The van der Waals surface area contributed by atoms with Crippen molar-refractivity contribution in [3.63, 3.8) is 0 Å². The molecule has 1 aliphatic heterocycles. The summed E-state index contributed by atoms with van der Waals surface area (Å²) in [5.74, 6) is 0. The first kappa shape index (κ1) is 10.7. The molecule has 0 atom stereocenters. The first-order valence-corrected chi connectivity index (χ1v) is 5.98. The summed E-state index contributed by atoms with van der Waals surface area (Å²) in [4.78, 5) is 12.0. The molecule has 0 spiro atoms. The summed E-state index contributed by atoms with van der Waals surface area (Å²) in [6, 6.07) is 0. The standard InChI is InChI=1S/C9H12ClN3OS/c1-14-11-6-7-8(10)12-9(15-7)13-4-2-3-5-13/h6H,2-5H2,1H3/b11-6+. The largest absolute Gasteiger partial charge is 0.399 e. The molecule has 15 heavy (non-hydrogen) atoms. The van der Waals surface area contributed by atoms with Crippen LogP contribution in [0.2, 0.25) is 5.15 Å². The van der Waals surface area contributed by atoms with Gasteiger partial charge in [0.25, 0.3) is 0 Å². The Kier molecular flexibility index (Phi) is 3.43. The molecule has 0 unspecified atom stereocenters. The van der Waals surface area contributed by atoms with E-state index >= 15 is 0 Å². The summed E-state index contributed by atoms with van der Waals surface area (Å²) in [6.07, 6.45) is 4.07. The number of oxime groups is 1. The van der Waals surface area contributed by atoms with E-state index in [0.717, 1.165) is 23.1 Å². The molecule has 82 valence electrons. The third-order valence-corrected chi connectivity index (χ3v) is 3.70. The number of hydrogen-bond acceptors (Lipinski definition) is 5. The fourth-order valence-corrected chi connectivity index (χ4v) is 2.69. The van der Waals surface area contributed by atoms with Crippen molar-refractivity contribution in [2.45, 2.75) is 12.8 Å². The summed E-state index contributed by atoms with van der Waals surface area (Å²) in [5.41, 5.74) is 0. The van der Waals surface area contributed by atoms with E-state index < -0.39 is 0 Å². The second-order valence-electron chi connectivity index (χ2n) is 3.26. The SMILES string of the molecule is CO/N=C/c1sc(N2CCCC2)nc1Cl. The van der Waals surface area contributed by atoms with Crippen LogP contribution in [0, 0.1) is 0 Å². The highest BCUT2D eigenvalue weighted by Crippen LogP contribution is 2.30. The van der Waals surface area contributed by atoms with Crippen molar-refractivity contribution < 1.29 is 4.84 Å². The van der Waals surface area contributed by atoms with Crippen LogP contribution in [0.15, 0.2) is 5.16 Å². The van der Waals surface area contributed by atoms with Crippen molar-refractivity contribution in [3.05, 3.63) is 10.0 Å². The number of thiazole rings is 1. The van der Waals surface area contributed by atoms with Crippen LogP contribution in [-0.4, -0.2) is 31.4 Å². The molecule has 0 N–H and O–H groups in total. The monoisotopic (exact) mass is 245 g/mol. The van der Waals surface area contributed by atoms with Crippen LogP contribution in [0.3, 0.4) is 0 Å². The summed E-state index contributed by atoms with van der Waals surface area (Å²) in [7, 11) is 1.51. The lowest BCUT2D eigenvalue weighted by Crippen LogP contribution is -2.16. The molecule has 0 saturated carbocycles. The Bertz CT molecular complexity index is 360. The van der Waals surface area contributed by atoms with E-state index in [0.29, 0.717) is 5.15 Å². The van der Waals surface area contributed by atoms with Crippen molar-refractivity contribution in [1.82, 2.24) is 4.98 Å². The maximum absolute atomic E-state index is 5.98. The molecule has 0 amide bonds. The minimum Gasteiger partial charge on any atom is -0.399 e. The molecule has 1 saturated heterocycles. The topological polar surface area (TPSA) is 37.7 Å². The van der Waals surface area contributed by atoms with Gasteiger partial charge in [0.05, 0.1) is 11.1 Å². The van der Waals surface area contributed by atoms with Gasteiger partial charge in [0.2, 0.25) is 0 Å². The number of anilines is 1. The van der Waals surface area contributed by atoms with Gasteiger partial charge < -0.3 is 9.74 Å². The van der Waals surface area contributed by atoms with Crippen molar-refractivity contribution in [1.29, 1.82) is 0 Å². The van der Waals surface area contributed by atoms with E-state index in [4.69, 9.17) is 11.6 Å². The van der Waals surface area contributed by atoms with E-state index in [1.165, 1.54) is 20.0 Å². The van der Waals surface area contributed by atoms with Crippen LogP contribution < -0.4 is 4.90 Å². The zero-order valence-electron chi connectivity index (χ0n) is 8.44. The number of rotatable bonds is 3. The second kappa shape index (κ2) is 4.81. The van der Waals surface area contributed by atoms with Crippen LogP contribution in [-0.2, 0) is 4.84 Å². The Morgan fingerprint density at radius 3 is 2.93 bits per heavy atom. The normalized spacial score (nSPS) is 16.5. The van der Waals surface area contributed by atoms with Crippen molar-refractivity contribution in [2.75, 3.05) is 25.1 Å². The number of nitrogens with zero attached hydrogens (tertiary/aromatic N) is 3. The van der Waals surface area contributed by atoms with Crippen LogP contribution in [0.1, 0.15) is 17.7 Å². The predicted molar refractivity (Wildman–Crippen MR) is 63.2 cm³/mol. The van der Waals surface area contributed by atoms with Crippen LogP contribution in [0.4, 0.5) is 5.13 Å². The Morgan fingerprint density at radius 2 is 2.27 bits per heavy atom. The average molecular weight is 246 g/mol. The van der Waals surface area contributed by atoms with E-state index in [-0.39, 0.29) is 0 Å². The van der Waals surface area contributed by atoms with Gasteiger partial charge in [-0.05, 0) is 12.8 Å². The van der Waals surface area contributed by atoms with Crippen molar-refractivity contribution in [3.8, 4) is 0 Å². The molecular weight excluding hydrogens is 234 g/mol. The summed E-state index contributed by atoms with van der Waals surface area (Å²) in [6.45, 7) is 2.15. The van der Waals surface area contributed by atoms with Gasteiger partial charge in [0.1, 0.15) is 7.11 Å². The zero-order valence-corrected chi connectivity index (χ0v) is 10.0. The third kappa shape index (κ3) is 2.41. The molecule has 1 aromatic heterocycles. The number of aromatic nitrogens is 1. The molecule has 0 aromatic carbocycles. The Morgan fingerprint density at radius 1 is 1.53 bits per heavy atom. The molecule has 1 fully saturated rings. The van der Waals surface area contributed by atoms with Crippen LogP contribution in [0.5, 0.6) is 0 Å². The molecule has 6 heteroatoms. The maximum atomic E-state index is 5.98. The van der Waals surface area contributed by atoms with Crippen LogP contribution in [0.25, 0.3) is 0 Å². The molecule has 4 nitrogen and oxygen atoms in total. The molecular formula is C9H12ClN3OS. The number of hydrogen-bond donors (Lipinski definition) is 0. The summed E-state index contributed by atoms with van der Waals surface area (Å²) >= 11 is 7.54. The molecule has 1 aromatic rings. The minimum atomic E-state index is 0.503. The minimum absolute atomic E-state index is 0.503. The molecule has 2 heterocycles. The van der Waals surface area contributed by atoms with E-state index in [2.05, 4.69) is 19.9 Å². The van der Waals surface area contributed by atoms with Gasteiger partial charge in [0, 0.05) is 13.1 Å². The first-order valence-electron chi connectivity index (χ1n) is 4.79. The first-order chi connectivity index (χ1) is 7.31. The van der Waals surface area contributed by atoms with Crippen LogP contribution >= 0.6 is 22.9 Å². The maximum Gasteiger partial charge on any atom is 0.187 e. The lowest BCUT2D eigenvalue weighted by atomic mass is 10.4. The second-order valence-corrected chi connectivity index (χ2v) is 4.63. The highest BCUT2D eigenvalue weighted by atomic mass is 35.5. The molecule has 2 rings (SSSR count). The van der Waals surface area contributed by atoms with E-state index in [9.17, 15) is 0 Å². The molecule has 0 bridgehead atoms. The Balaban J connectivity index is 2.16. The third-order valence-electron chi connectivity index (χ3n) is 2.25. The highest BCUT2D eigenvalue weighted by molar-refractivity contribution is 7.17. The fraction of sp³-hybridized carbons (Fsp3) is 0.556. The van der Waals surface area contributed by atoms with Gasteiger partial charge in [-0.3, -0.25) is 0 Å². The Hall–Kier alpha value is -0.810. The van der Waals surface area contributed by atoms with Gasteiger partial charge >= 0.3 is 0 Å². The lowest BCUT2D eigenvalue weighted by Gasteiger charge is -2.11. The van der Waals surface area contributed by atoms with E-state index in [1.807, 2.05) is 0 Å². The Labute approximate surface area is 97.5 Å². The quantitative estimate of drug-likeness (QED) is 0.606.